The zero-order valence-electron chi connectivity index (χ0n) is 8.40. The second kappa shape index (κ2) is 6.13. The minimum Gasteiger partial charge on any atom is -0.478 e. The van der Waals surface area contributed by atoms with Crippen molar-refractivity contribution < 1.29 is 9.53 Å². The lowest BCUT2D eigenvalue weighted by atomic mass is 10.3. The third-order valence-corrected chi connectivity index (χ3v) is 1.82. The molecule has 0 spiro atoms. The molecule has 0 aromatic carbocycles. The number of aromatic nitrogens is 1. The minimum absolute atomic E-state index is 0.352. The normalized spacial score (nSPS) is 9.79. The fraction of sp³-hybridized carbons (Fsp3) is 0.455. The molecule has 0 unspecified atom stereocenters. The highest BCUT2D eigenvalue weighted by molar-refractivity contribution is 5.53. The Bertz CT molecular complexity index is 286. The van der Waals surface area contributed by atoms with Gasteiger partial charge in [0.1, 0.15) is 6.29 Å². The van der Waals surface area contributed by atoms with Crippen molar-refractivity contribution in [3.8, 4) is 5.88 Å². The first kappa shape index (κ1) is 10.7. The average Bonchev–Trinajstić information content (AvgIpc) is 2.19. The molecule has 1 aromatic rings. The van der Waals surface area contributed by atoms with Crippen molar-refractivity contribution in [2.24, 2.45) is 0 Å². The van der Waals surface area contributed by atoms with E-state index in [2.05, 4.69) is 11.9 Å². The number of pyridine rings is 1. The van der Waals surface area contributed by atoms with Gasteiger partial charge in [-0.2, -0.15) is 0 Å². The lowest BCUT2D eigenvalue weighted by Gasteiger charge is -2.04. The van der Waals surface area contributed by atoms with Crippen LogP contribution in [0.5, 0.6) is 5.88 Å². The largest absolute Gasteiger partial charge is 0.478 e. The van der Waals surface area contributed by atoms with Crippen LogP contribution in [-0.4, -0.2) is 17.9 Å². The van der Waals surface area contributed by atoms with Crippen molar-refractivity contribution in [1.29, 1.82) is 0 Å². The van der Waals surface area contributed by atoms with Crippen molar-refractivity contribution in [1.82, 2.24) is 4.98 Å². The Morgan fingerprint density at radius 3 is 3.07 bits per heavy atom. The molecule has 3 heteroatoms. The summed E-state index contributed by atoms with van der Waals surface area (Å²) in [5, 5.41) is 0. The maximum absolute atomic E-state index is 10.3. The van der Waals surface area contributed by atoms with Gasteiger partial charge in [0.2, 0.25) is 5.88 Å². The summed E-state index contributed by atoms with van der Waals surface area (Å²) in [7, 11) is 0. The second-order valence-electron chi connectivity index (χ2n) is 3.04. The van der Waals surface area contributed by atoms with Crippen LogP contribution in [0.3, 0.4) is 0 Å². The first-order valence-corrected chi connectivity index (χ1v) is 4.89. The number of rotatable bonds is 6. The molecule has 0 bridgehead atoms. The van der Waals surface area contributed by atoms with Gasteiger partial charge in [-0.25, -0.2) is 4.98 Å². The van der Waals surface area contributed by atoms with Crippen LogP contribution in [0.25, 0.3) is 0 Å². The highest BCUT2D eigenvalue weighted by atomic mass is 16.5. The van der Waals surface area contributed by atoms with Gasteiger partial charge < -0.3 is 9.53 Å². The summed E-state index contributed by atoms with van der Waals surface area (Å²) < 4.78 is 5.41. The third-order valence-electron chi connectivity index (χ3n) is 1.82. The molecule has 0 N–H and O–H groups in total. The lowest BCUT2D eigenvalue weighted by Crippen LogP contribution is -2.00. The van der Waals surface area contributed by atoms with Crippen molar-refractivity contribution in [2.45, 2.75) is 26.2 Å². The van der Waals surface area contributed by atoms with Crippen LogP contribution in [-0.2, 0) is 11.2 Å². The Hall–Kier alpha value is -1.38. The van der Waals surface area contributed by atoms with Gasteiger partial charge in [0, 0.05) is 12.5 Å². The minimum atomic E-state index is 0.352. The van der Waals surface area contributed by atoms with Gasteiger partial charge in [-0.3, -0.25) is 0 Å². The van der Waals surface area contributed by atoms with E-state index in [-0.39, 0.29) is 0 Å². The number of aldehydes is 1. The van der Waals surface area contributed by atoms with E-state index in [4.69, 9.17) is 4.74 Å². The van der Waals surface area contributed by atoms with E-state index in [1.807, 2.05) is 18.2 Å². The van der Waals surface area contributed by atoms with E-state index in [1.165, 1.54) is 0 Å². The van der Waals surface area contributed by atoms with E-state index in [0.717, 1.165) is 24.8 Å². The molecule has 0 atom stereocenters. The molecule has 76 valence electrons. The molecule has 14 heavy (non-hydrogen) atoms. The van der Waals surface area contributed by atoms with E-state index in [0.29, 0.717) is 18.9 Å². The van der Waals surface area contributed by atoms with Crippen molar-refractivity contribution in [3.63, 3.8) is 0 Å². The average molecular weight is 193 g/mol. The topological polar surface area (TPSA) is 39.2 Å². The summed E-state index contributed by atoms with van der Waals surface area (Å²) in [5.74, 6) is 0.609. The highest BCUT2D eigenvalue weighted by Gasteiger charge is 1.97. The molecule has 0 saturated carbocycles. The zero-order chi connectivity index (χ0) is 10.2. The fourth-order valence-electron chi connectivity index (χ4n) is 1.06. The molecule has 0 radical (unpaired) electrons. The van der Waals surface area contributed by atoms with Crippen molar-refractivity contribution >= 4 is 6.29 Å². The predicted molar refractivity (Wildman–Crippen MR) is 54.4 cm³/mol. The summed E-state index contributed by atoms with van der Waals surface area (Å²) >= 11 is 0. The molecule has 0 aliphatic rings. The number of nitrogens with zero attached hydrogens (tertiary/aromatic N) is 1. The molecular formula is C11H15NO2. The van der Waals surface area contributed by atoms with E-state index >= 15 is 0 Å². The van der Waals surface area contributed by atoms with Crippen LogP contribution >= 0.6 is 0 Å². The van der Waals surface area contributed by atoms with E-state index in [9.17, 15) is 4.79 Å². The van der Waals surface area contributed by atoms with Crippen LogP contribution in [0, 0.1) is 0 Å². The molecule has 0 amide bonds. The number of unbranched alkanes of at least 4 members (excludes halogenated alkanes) is 1. The van der Waals surface area contributed by atoms with E-state index in [1.54, 1.807) is 0 Å². The van der Waals surface area contributed by atoms with Crippen LogP contribution in [0.2, 0.25) is 0 Å². The summed E-state index contributed by atoms with van der Waals surface area (Å²) in [5.41, 5.74) is 0.758. The number of hydrogen-bond acceptors (Lipinski definition) is 3. The van der Waals surface area contributed by atoms with Gasteiger partial charge in [0.15, 0.2) is 0 Å². The molecular weight excluding hydrogens is 178 g/mol. The van der Waals surface area contributed by atoms with Gasteiger partial charge in [0.05, 0.1) is 12.3 Å². The van der Waals surface area contributed by atoms with Crippen molar-refractivity contribution in [3.05, 3.63) is 23.9 Å². The number of carbonyl (C=O) groups excluding carboxylic acids is 1. The number of hydrogen-bond donors (Lipinski definition) is 0. The Labute approximate surface area is 84.1 Å². The summed E-state index contributed by atoms with van der Waals surface area (Å²) in [4.78, 5) is 14.4. The maximum atomic E-state index is 10.3. The molecule has 0 aliphatic carbocycles. The first-order chi connectivity index (χ1) is 6.86. The van der Waals surface area contributed by atoms with Crippen LogP contribution in [0.4, 0.5) is 0 Å². The van der Waals surface area contributed by atoms with Gasteiger partial charge in [-0.1, -0.05) is 19.4 Å². The number of ether oxygens (including phenoxy) is 1. The second-order valence-corrected chi connectivity index (χ2v) is 3.04. The van der Waals surface area contributed by atoms with Crippen molar-refractivity contribution in [2.75, 3.05) is 6.61 Å². The van der Waals surface area contributed by atoms with Crippen LogP contribution in [0.1, 0.15) is 25.5 Å². The predicted octanol–water partition coefficient (Wildman–Crippen LogP) is 2.00. The summed E-state index contributed by atoms with van der Waals surface area (Å²) in [6, 6.07) is 5.48. The Kier molecular flexibility index (Phi) is 4.69. The Morgan fingerprint density at radius 2 is 2.36 bits per heavy atom. The molecule has 1 heterocycles. The molecule has 3 nitrogen and oxygen atoms in total. The van der Waals surface area contributed by atoms with Crippen LogP contribution < -0.4 is 4.74 Å². The fourth-order valence-corrected chi connectivity index (χ4v) is 1.06. The van der Waals surface area contributed by atoms with Gasteiger partial charge in [-0.05, 0) is 12.5 Å². The molecule has 1 aromatic heterocycles. The van der Waals surface area contributed by atoms with Crippen LogP contribution in [0.15, 0.2) is 18.2 Å². The monoisotopic (exact) mass is 193 g/mol. The molecule has 0 fully saturated rings. The third kappa shape index (κ3) is 3.56. The highest BCUT2D eigenvalue weighted by Crippen LogP contribution is 2.08. The SMILES string of the molecule is CCCCOc1cccc(CC=O)n1. The van der Waals surface area contributed by atoms with Gasteiger partial charge >= 0.3 is 0 Å². The first-order valence-electron chi connectivity index (χ1n) is 4.89. The molecule has 0 aliphatic heterocycles. The van der Waals surface area contributed by atoms with E-state index < -0.39 is 0 Å². The Morgan fingerprint density at radius 1 is 1.50 bits per heavy atom. The molecule has 0 saturated heterocycles. The Balaban J connectivity index is 2.50. The van der Waals surface area contributed by atoms with Gasteiger partial charge in [0.25, 0.3) is 0 Å². The molecule has 1 rings (SSSR count). The smallest absolute Gasteiger partial charge is 0.213 e. The summed E-state index contributed by atoms with van der Waals surface area (Å²) in [6.45, 7) is 2.80. The number of carbonyl (C=O) groups is 1. The zero-order valence-corrected chi connectivity index (χ0v) is 8.40. The van der Waals surface area contributed by atoms with Gasteiger partial charge in [-0.15, -0.1) is 0 Å². The quantitative estimate of drug-likeness (QED) is 0.512. The lowest BCUT2D eigenvalue weighted by molar-refractivity contribution is -0.107. The summed E-state index contributed by atoms with van der Waals surface area (Å²) in [6.07, 6.45) is 3.33. The standard InChI is InChI=1S/C11H15NO2/c1-2-3-9-14-11-6-4-5-10(12-11)7-8-13/h4-6,8H,2-3,7,9H2,1H3. The maximum Gasteiger partial charge on any atom is 0.213 e.